The molecule has 4 heteroatoms. The number of carbonyl (C=O) groups excluding carboxylic acids is 1. The molecule has 0 N–H and O–H groups in total. The second kappa shape index (κ2) is 19.0. The second-order valence-electron chi connectivity index (χ2n) is 9.30. The highest BCUT2D eigenvalue weighted by molar-refractivity contribution is 7.99. The zero-order chi connectivity index (χ0) is 25.8. The smallest absolute Gasteiger partial charge is 0.185 e. The predicted octanol–water partition coefficient (Wildman–Crippen LogP) is 9.78. The van der Waals surface area contributed by atoms with Crippen LogP contribution in [0.4, 0.5) is 0 Å². The van der Waals surface area contributed by atoms with E-state index in [4.69, 9.17) is 9.47 Å². The normalized spacial score (nSPS) is 11.2. The van der Waals surface area contributed by atoms with Crippen molar-refractivity contribution in [2.45, 2.75) is 96.3 Å². The van der Waals surface area contributed by atoms with E-state index >= 15 is 0 Å². The van der Waals surface area contributed by atoms with Crippen molar-refractivity contribution in [2.24, 2.45) is 0 Å². The van der Waals surface area contributed by atoms with Crippen LogP contribution in [0, 0.1) is 0 Å². The first-order valence-electron chi connectivity index (χ1n) is 14.0. The molecule has 0 aliphatic carbocycles. The lowest BCUT2D eigenvalue weighted by molar-refractivity contribution is 0.104. The molecule has 0 fully saturated rings. The fourth-order valence-corrected chi connectivity index (χ4v) is 4.61. The molecule has 0 saturated heterocycles. The van der Waals surface area contributed by atoms with Gasteiger partial charge in [-0.25, -0.2) is 0 Å². The van der Waals surface area contributed by atoms with Gasteiger partial charge in [0.2, 0.25) is 0 Å². The topological polar surface area (TPSA) is 35.5 Å². The van der Waals surface area contributed by atoms with Crippen LogP contribution in [0.3, 0.4) is 0 Å². The number of thioether (sulfide) groups is 1. The van der Waals surface area contributed by atoms with Crippen molar-refractivity contribution in [1.82, 2.24) is 0 Å². The van der Waals surface area contributed by atoms with Gasteiger partial charge >= 0.3 is 0 Å². The van der Waals surface area contributed by atoms with Crippen LogP contribution in [0.2, 0.25) is 0 Å². The minimum atomic E-state index is 0.00726. The fraction of sp³-hybridized carbons (Fsp3) is 0.531. The first-order valence-corrected chi connectivity index (χ1v) is 15.0. The van der Waals surface area contributed by atoms with Crippen LogP contribution in [0.15, 0.2) is 53.4 Å². The van der Waals surface area contributed by atoms with E-state index in [2.05, 4.69) is 20.8 Å². The highest BCUT2D eigenvalue weighted by Crippen LogP contribution is 2.30. The van der Waals surface area contributed by atoms with Crippen LogP contribution in [0.1, 0.15) is 107 Å². The Bertz CT molecular complexity index is 889. The number of hydrogen-bond donors (Lipinski definition) is 0. The van der Waals surface area contributed by atoms with Crippen LogP contribution in [-0.4, -0.2) is 24.7 Å². The van der Waals surface area contributed by atoms with E-state index in [-0.39, 0.29) is 5.78 Å². The maximum atomic E-state index is 12.7. The molecule has 0 unspecified atom stereocenters. The summed E-state index contributed by atoms with van der Waals surface area (Å²) in [6.07, 6.45) is 16.7. The van der Waals surface area contributed by atoms with Crippen LogP contribution in [0.25, 0.3) is 6.08 Å². The number of ether oxygens (including phenoxy) is 2. The fourth-order valence-electron chi connectivity index (χ4n) is 3.84. The first kappa shape index (κ1) is 30.0. The van der Waals surface area contributed by atoms with Crippen molar-refractivity contribution in [3.05, 3.63) is 59.7 Å². The summed E-state index contributed by atoms with van der Waals surface area (Å²) in [5, 5.41) is 0. The maximum absolute atomic E-state index is 12.7. The Hall–Kier alpha value is -2.20. The molecule has 0 amide bonds. The van der Waals surface area contributed by atoms with Gasteiger partial charge in [0.1, 0.15) is 0 Å². The Morgan fingerprint density at radius 1 is 0.722 bits per heavy atom. The van der Waals surface area contributed by atoms with Crippen LogP contribution in [0.5, 0.6) is 11.5 Å². The molecule has 2 rings (SSSR count). The van der Waals surface area contributed by atoms with Crippen LogP contribution < -0.4 is 9.47 Å². The maximum Gasteiger partial charge on any atom is 0.185 e. The molecule has 198 valence electrons. The quantitative estimate of drug-likeness (QED) is 0.0768. The second-order valence-corrected chi connectivity index (χ2v) is 10.5. The Morgan fingerprint density at radius 3 is 1.94 bits per heavy atom. The van der Waals surface area contributed by atoms with Gasteiger partial charge in [0, 0.05) is 10.5 Å². The summed E-state index contributed by atoms with van der Waals surface area (Å²) in [5.74, 6) is 2.66. The Labute approximate surface area is 224 Å². The molecular formula is C32H46O3S. The van der Waals surface area contributed by atoms with Gasteiger partial charge in [-0.15, -0.1) is 11.8 Å². The Balaban J connectivity index is 1.99. The molecule has 2 aromatic carbocycles. The molecule has 0 atom stereocenters. The van der Waals surface area contributed by atoms with Gasteiger partial charge in [-0.3, -0.25) is 4.79 Å². The Morgan fingerprint density at radius 2 is 1.33 bits per heavy atom. The molecule has 36 heavy (non-hydrogen) atoms. The Kier molecular flexibility index (Phi) is 15.8. The third-order valence-electron chi connectivity index (χ3n) is 6.02. The largest absolute Gasteiger partial charge is 0.490 e. The summed E-state index contributed by atoms with van der Waals surface area (Å²) in [6.45, 7) is 8.03. The van der Waals surface area contributed by atoms with E-state index in [1.165, 1.54) is 56.3 Å². The van der Waals surface area contributed by atoms with Crippen molar-refractivity contribution < 1.29 is 14.3 Å². The van der Waals surface area contributed by atoms with Crippen molar-refractivity contribution in [1.29, 1.82) is 0 Å². The van der Waals surface area contributed by atoms with Gasteiger partial charge in [-0.1, -0.05) is 84.3 Å². The number of allylic oxidation sites excluding steroid dienone is 1. The molecule has 2 aromatic rings. The molecule has 0 bridgehead atoms. The molecule has 0 aromatic heterocycles. The van der Waals surface area contributed by atoms with Gasteiger partial charge in [0.25, 0.3) is 0 Å². The first-order chi connectivity index (χ1) is 17.7. The SMILES string of the molecule is CCCCCCCOc1ccc(C=CC(=O)c2ccc(SCCC)cc2)cc1OCCCCCCC. The minimum Gasteiger partial charge on any atom is -0.490 e. The molecule has 0 radical (unpaired) electrons. The van der Waals surface area contributed by atoms with Crippen LogP contribution >= 0.6 is 11.8 Å². The zero-order valence-corrected chi connectivity index (χ0v) is 23.5. The van der Waals surface area contributed by atoms with E-state index in [1.807, 2.05) is 60.3 Å². The van der Waals surface area contributed by atoms with E-state index in [0.29, 0.717) is 18.8 Å². The average molecular weight is 511 g/mol. The summed E-state index contributed by atoms with van der Waals surface area (Å²) < 4.78 is 12.2. The molecule has 0 heterocycles. The standard InChI is InChI=1S/C32H46O3S/c1-4-7-9-11-13-23-34-31-22-16-27(26-32(31)35-24-14-12-10-8-5-2)15-21-30(33)28-17-19-29(20-18-28)36-25-6-3/h15-22,26H,4-14,23-25H2,1-3H3. The summed E-state index contributed by atoms with van der Waals surface area (Å²) in [4.78, 5) is 13.9. The molecule has 0 aliphatic heterocycles. The van der Waals surface area contributed by atoms with E-state index in [0.717, 1.165) is 42.1 Å². The molecule has 0 spiro atoms. The summed E-state index contributed by atoms with van der Waals surface area (Å²) in [5.41, 5.74) is 1.65. The highest BCUT2D eigenvalue weighted by atomic mass is 32.2. The molecular weight excluding hydrogens is 464 g/mol. The van der Waals surface area contributed by atoms with Crippen molar-refractivity contribution in [3.63, 3.8) is 0 Å². The number of unbranched alkanes of at least 4 members (excludes halogenated alkanes) is 8. The molecule has 3 nitrogen and oxygen atoms in total. The number of benzene rings is 2. The van der Waals surface area contributed by atoms with E-state index < -0.39 is 0 Å². The monoisotopic (exact) mass is 510 g/mol. The highest BCUT2D eigenvalue weighted by Gasteiger charge is 2.08. The number of ketones is 1. The van der Waals surface area contributed by atoms with E-state index in [9.17, 15) is 4.79 Å². The van der Waals surface area contributed by atoms with Gasteiger partial charge in [-0.2, -0.15) is 0 Å². The summed E-state index contributed by atoms with van der Waals surface area (Å²) in [6, 6.07) is 13.8. The summed E-state index contributed by atoms with van der Waals surface area (Å²) >= 11 is 1.82. The van der Waals surface area contributed by atoms with Gasteiger partial charge in [0.05, 0.1) is 13.2 Å². The predicted molar refractivity (Wildman–Crippen MR) is 156 cm³/mol. The van der Waals surface area contributed by atoms with Crippen LogP contribution in [-0.2, 0) is 0 Å². The third kappa shape index (κ3) is 12.2. The lowest BCUT2D eigenvalue weighted by Crippen LogP contribution is -2.03. The third-order valence-corrected chi connectivity index (χ3v) is 7.24. The van der Waals surface area contributed by atoms with Crippen molar-refractivity contribution in [3.8, 4) is 11.5 Å². The lowest BCUT2D eigenvalue weighted by Gasteiger charge is -2.14. The van der Waals surface area contributed by atoms with Gasteiger partial charge < -0.3 is 9.47 Å². The minimum absolute atomic E-state index is 0.00726. The van der Waals surface area contributed by atoms with Gasteiger partial charge in [-0.05, 0) is 73.1 Å². The molecule has 0 aliphatic rings. The number of carbonyl (C=O) groups is 1. The molecule has 0 saturated carbocycles. The van der Waals surface area contributed by atoms with Crippen molar-refractivity contribution in [2.75, 3.05) is 19.0 Å². The van der Waals surface area contributed by atoms with Gasteiger partial charge in [0.15, 0.2) is 17.3 Å². The summed E-state index contributed by atoms with van der Waals surface area (Å²) in [7, 11) is 0. The average Bonchev–Trinajstić information content (AvgIpc) is 2.91. The number of hydrogen-bond acceptors (Lipinski definition) is 4. The zero-order valence-electron chi connectivity index (χ0n) is 22.7. The van der Waals surface area contributed by atoms with Crippen molar-refractivity contribution >= 4 is 23.6 Å². The number of rotatable bonds is 20. The van der Waals surface area contributed by atoms with E-state index in [1.54, 1.807) is 6.08 Å². The lowest BCUT2D eigenvalue weighted by atomic mass is 10.1.